The Kier molecular flexibility index (Phi) is 5.53. The van der Waals surface area contributed by atoms with Crippen molar-refractivity contribution in [3.63, 3.8) is 0 Å². The number of hydrogen-bond donors (Lipinski definition) is 1. The molecule has 0 saturated carbocycles. The van der Waals surface area contributed by atoms with Gasteiger partial charge >= 0.3 is 0 Å². The summed E-state index contributed by atoms with van der Waals surface area (Å²) in [4.78, 5) is 14.7. The number of pyridine rings is 1. The standard InChI is InChI=1S/C18H17BrN2O4/c1-11-8-13(15(10-20)18(22)21-11)14-9-12(19)2-3-16(14)23-5-4-17-24-6-7-25-17/h2-3,8-9,17H,4-7H2,1H3,(H,21,22). The molecule has 1 aromatic carbocycles. The third kappa shape index (κ3) is 4.10. The molecule has 1 fully saturated rings. The fourth-order valence-electron chi connectivity index (χ4n) is 2.69. The predicted octanol–water partition coefficient (Wildman–Crippen LogP) is 3.13. The Bertz CT molecular complexity index is 866. The van der Waals surface area contributed by atoms with Crippen LogP contribution in [0.4, 0.5) is 0 Å². The van der Waals surface area contributed by atoms with Crippen molar-refractivity contribution in [3.05, 3.63) is 50.3 Å². The largest absolute Gasteiger partial charge is 0.493 e. The number of H-pyrrole nitrogens is 1. The summed E-state index contributed by atoms with van der Waals surface area (Å²) < 4.78 is 17.5. The zero-order chi connectivity index (χ0) is 17.8. The van der Waals surface area contributed by atoms with Crippen molar-refractivity contribution < 1.29 is 14.2 Å². The number of halogens is 1. The molecule has 1 aliphatic heterocycles. The summed E-state index contributed by atoms with van der Waals surface area (Å²) in [7, 11) is 0. The van der Waals surface area contributed by atoms with Crippen molar-refractivity contribution >= 4 is 15.9 Å². The summed E-state index contributed by atoms with van der Waals surface area (Å²) in [6.07, 6.45) is 0.366. The predicted molar refractivity (Wildman–Crippen MR) is 95.5 cm³/mol. The Hall–Kier alpha value is -2.14. The fraction of sp³-hybridized carbons (Fsp3) is 0.333. The van der Waals surface area contributed by atoms with Gasteiger partial charge in [0.25, 0.3) is 5.56 Å². The highest BCUT2D eigenvalue weighted by molar-refractivity contribution is 9.10. The van der Waals surface area contributed by atoms with E-state index in [2.05, 4.69) is 20.9 Å². The first-order valence-electron chi connectivity index (χ1n) is 7.88. The molecule has 1 aliphatic rings. The summed E-state index contributed by atoms with van der Waals surface area (Å²) in [5.74, 6) is 0.600. The topological polar surface area (TPSA) is 84.3 Å². The van der Waals surface area contributed by atoms with Gasteiger partial charge in [0, 0.05) is 27.7 Å². The van der Waals surface area contributed by atoms with Crippen molar-refractivity contribution in [2.24, 2.45) is 0 Å². The highest BCUT2D eigenvalue weighted by Gasteiger charge is 2.18. The molecule has 0 atom stereocenters. The average molecular weight is 405 g/mol. The average Bonchev–Trinajstić information content (AvgIpc) is 3.09. The van der Waals surface area contributed by atoms with Gasteiger partial charge in [-0.3, -0.25) is 4.79 Å². The summed E-state index contributed by atoms with van der Waals surface area (Å²) >= 11 is 3.43. The number of aromatic nitrogens is 1. The summed E-state index contributed by atoms with van der Waals surface area (Å²) in [5, 5.41) is 9.38. The summed E-state index contributed by atoms with van der Waals surface area (Å²) in [6, 6.07) is 9.27. The van der Waals surface area contributed by atoms with E-state index in [0.717, 1.165) is 4.47 Å². The minimum Gasteiger partial charge on any atom is -0.493 e. The third-order valence-electron chi connectivity index (χ3n) is 3.81. The third-order valence-corrected chi connectivity index (χ3v) is 4.31. The van der Waals surface area contributed by atoms with Crippen molar-refractivity contribution in [1.29, 1.82) is 5.26 Å². The van der Waals surface area contributed by atoms with Crippen LogP contribution in [0.3, 0.4) is 0 Å². The van der Waals surface area contributed by atoms with Crippen LogP contribution in [0, 0.1) is 18.3 Å². The smallest absolute Gasteiger partial charge is 0.266 e. The molecule has 7 heteroatoms. The lowest BCUT2D eigenvalue weighted by atomic mass is 10.00. The molecule has 3 rings (SSSR count). The summed E-state index contributed by atoms with van der Waals surface area (Å²) in [6.45, 7) is 3.39. The Labute approximate surface area is 153 Å². The molecule has 1 N–H and O–H groups in total. The van der Waals surface area contributed by atoms with Crippen molar-refractivity contribution in [2.75, 3.05) is 19.8 Å². The van der Waals surface area contributed by atoms with Crippen LogP contribution in [-0.4, -0.2) is 31.1 Å². The second-order valence-corrected chi connectivity index (χ2v) is 6.55. The zero-order valence-electron chi connectivity index (χ0n) is 13.7. The number of aryl methyl sites for hydroxylation is 1. The molecule has 0 radical (unpaired) electrons. The van der Waals surface area contributed by atoms with E-state index in [1.807, 2.05) is 24.3 Å². The lowest BCUT2D eigenvalue weighted by Gasteiger charge is -2.15. The number of ether oxygens (including phenoxy) is 3. The molecular formula is C18H17BrN2O4. The number of nitriles is 1. The highest BCUT2D eigenvalue weighted by Crippen LogP contribution is 2.34. The van der Waals surface area contributed by atoms with Gasteiger partial charge in [-0.2, -0.15) is 5.26 Å². The van der Waals surface area contributed by atoms with Crippen molar-refractivity contribution in [2.45, 2.75) is 19.6 Å². The molecule has 0 spiro atoms. The van der Waals surface area contributed by atoms with Crippen LogP contribution in [0.15, 0.2) is 33.5 Å². The monoisotopic (exact) mass is 404 g/mol. The number of benzene rings is 1. The lowest BCUT2D eigenvalue weighted by Crippen LogP contribution is -2.14. The first kappa shape index (κ1) is 17.7. The van der Waals surface area contributed by atoms with Crippen LogP contribution in [-0.2, 0) is 9.47 Å². The molecule has 130 valence electrons. The van der Waals surface area contributed by atoms with Crippen LogP contribution in [0.1, 0.15) is 17.7 Å². The minimum atomic E-state index is -0.406. The molecule has 25 heavy (non-hydrogen) atoms. The molecule has 2 aromatic rings. The van der Waals surface area contributed by atoms with E-state index in [1.54, 1.807) is 13.0 Å². The molecule has 0 amide bonds. The number of nitrogens with zero attached hydrogens (tertiary/aromatic N) is 1. The van der Waals surface area contributed by atoms with E-state index in [9.17, 15) is 10.1 Å². The molecule has 6 nitrogen and oxygen atoms in total. The van der Waals surface area contributed by atoms with Gasteiger partial charge in [0.15, 0.2) is 6.29 Å². The molecular weight excluding hydrogens is 388 g/mol. The van der Waals surface area contributed by atoms with Gasteiger partial charge in [-0.25, -0.2) is 0 Å². The van der Waals surface area contributed by atoms with Gasteiger partial charge in [-0.15, -0.1) is 0 Å². The van der Waals surface area contributed by atoms with Gasteiger partial charge in [0.05, 0.1) is 19.8 Å². The second kappa shape index (κ2) is 7.83. The van der Waals surface area contributed by atoms with E-state index in [1.165, 1.54) is 0 Å². The second-order valence-electron chi connectivity index (χ2n) is 5.63. The number of hydrogen-bond acceptors (Lipinski definition) is 5. The normalized spacial score (nSPS) is 14.4. The maximum absolute atomic E-state index is 12.1. The summed E-state index contributed by atoms with van der Waals surface area (Å²) in [5.41, 5.74) is 1.58. The molecule has 1 aromatic heterocycles. The highest BCUT2D eigenvalue weighted by atomic mass is 79.9. The van der Waals surface area contributed by atoms with Crippen molar-refractivity contribution in [3.8, 4) is 22.9 Å². The van der Waals surface area contributed by atoms with Crippen molar-refractivity contribution in [1.82, 2.24) is 4.98 Å². The van der Waals surface area contributed by atoms with Gasteiger partial charge in [0.1, 0.15) is 17.4 Å². The SMILES string of the molecule is Cc1cc(-c2cc(Br)ccc2OCCC2OCCO2)c(C#N)c(=O)[nH]1. The van der Waals surface area contributed by atoms with E-state index in [-0.39, 0.29) is 11.9 Å². The van der Waals surface area contributed by atoms with Crippen LogP contribution in [0.2, 0.25) is 0 Å². The van der Waals surface area contributed by atoms with Gasteiger partial charge in [0.2, 0.25) is 0 Å². The van der Waals surface area contributed by atoms with Gasteiger partial charge in [-0.05, 0) is 31.2 Å². The zero-order valence-corrected chi connectivity index (χ0v) is 15.3. The van der Waals surface area contributed by atoms with Crippen LogP contribution in [0.25, 0.3) is 11.1 Å². The Morgan fingerprint density at radius 3 is 2.80 bits per heavy atom. The molecule has 2 heterocycles. The maximum Gasteiger partial charge on any atom is 0.266 e. The molecule has 0 aliphatic carbocycles. The Morgan fingerprint density at radius 1 is 1.32 bits per heavy atom. The molecule has 0 unspecified atom stereocenters. The van der Waals surface area contributed by atoms with Crippen LogP contribution in [0.5, 0.6) is 5.75 Å². The quantitative estimate of drug-likeness (QED) is 0.827. The van der Waals surface area contributed by atoms with E-state index >= 15 is 0 Å². The van der Waals surface area contributed by atoms with Gasteiger partial charge < -0.3 is 19.2 Å². The fourth-order valence-corrected chi connectivity index (χ4v) is 3.05. The van der Waals surface area contributed by atoms with Crippen LogP contribution >= 0.6 is 15.9 Å². The van der Waals surface area contributed by atoms with Crippen LogP contribution < -0.4 is 10.3 Å². The van der Waals surface area contributed by atoms with E-state index in [0.29, 0.717) is 48.8 Å². The Morgan fingerprint density at radius 2 is 2.08 bits per heavy atom. The molecule has 1 saturated heterocycles. The van der Waals surface area contributed by atoms with Gasteiger partial charge in [-0.1, -0.05) is 15.9 Å². The maximum atomic E-state index is 12.1. The lowest BCUT2D eigenvalue weighted by molar-refractivity contribution is -0.0531. The molecule has 0 bridgehead atoms. The number of nitrogens with one attached hydrogen (secondary N) is 1. The van der Waals surface area contributed by atoms with E-state index in [4.69, 9.17) is 14.2 Å². The number of aromatic amines is 1. The first-order chi connectivity index (χ1) is 12.1. The van der Waals surface area contributed by atoms with E-state index < -0.39 is 5.56 Å². The Balaban J connectivity index is 1.92. The minimum absolute atomic E-state index is 0.0657. The first-order valence-corrected chi connectivity index (χ1v) is 8.67. The number of rotatable bonds is 5.